The number of allylic oxidation sites excluding steroid dienone is 1. The first kappa shape index (κ1) is 17.2. The van der Waals surface area contributed by atoms with E-state index in [4.69, 9.17) is 0 Å². The Balaban J connectivity index is 2.05. The van der Waals surface area contributed by atoms with Gasteiger partial charge in [0.05, 0.1) is 6.16 Å². The number of nitrogens with one attached hydrogen (secondary N) is 1. The number of hydrogen-bond acceptors (Lipinski definition) is 2. The molecular weight excluding hydrogens is 313 g/mol. The molecule has 0 heterocycles. The van der Waals surface area contributed by atoms with Gasteiger partial charge in [0.1, 0.15) is 6.04 Å². The molecule has 2 rings (SSSR count). The summed E-state index contributed by atoms with van der Waals surface area (Å²) in [6.45, 7) is 0. The third-order valence-electron chi connectivity index (χ3n) is 3.17. The average molecular weight is 331 g/mol. The minimum Gasteiger partial charge on any atom is -0.480 e. The van der Waals surface area contributed by atoms with Crippen molar-refractivity contribution in [2.75, 3.05) is 6.16 Å². The van der Waals surface area contributed by atoms with Crippen LogP contribution >= 0.6 is 7.52 Å². The van der Waals surface area contributed by atoms with Crippen LogP contribution in [-0.4, -0.2) is 22.1 Å². The van der Waals surface area contributed by atoms with E-state index in [1.54, 1.807) is 42.5 Å². The van der Waals surface area contributed by atoms with Gasteiger partial charge in [0.2, 0.25) is 0 Å². The van der Waals surface area contributed by atoms with Gasteiger partial charge in [0.15, 0.2) is 0 Å². The Bertz CT molecular complexity index is 716. The fourth-order valence-corrected chi connectivity index (χ4v) is 3.23. The van der Waals surface area contributed by atoms with E-state index < -0.39 is 19.5 Å². The van der Waals surface area contributed by atoms with Crippen molar-refractivity contribution in [2.24, 2.45) is 0 Å². The highest BCUT2D eigenvalue weighted by Crippen LogP contribution is 2.39. The molecule has 120 valence electrons. The molecular formula is C17H18NO4P. The van der Waals surface area contributed by atoms with Gasteiger partial charge in [-0.15, -0.1) is 0 Å². The lowest BCUT2D eigenvalue weighted by atomic mass is 10.1. The fourth-order valence-electron chi connectivity index (χ4n) is 2.07. The maximum Gasteiger partial charge on any atom is 0.325 e. The molecule has 0 bridgehead atoms. The van der Waals surface area contributed by atoms with E-state index in [2.05, 4.69) is 5.09 Å². The van der Waals surface area contributed by atoms with Gasteiger partial charge in [-0.3, -0.25) is 9.36 Å². The largest absolute Gasteiger partial charge is 0.480 e. The molecule has 0 radical (unpaired) electrons. The van der Waals surface area contributed by atoms with Crippen LogP contribution in [0.2, 0.25) is 0 Å². The number of hydrogen-bond donors (Lipinski definition) is 3. The highest BCUT2D eigenvalue weighted by Gasteiger charge is 2.27. The first-order chi connectivity index (χ1) is 11.0. The van der Waals surface area contributed by atoms with Crippen molar-refractivity contribution in [3.05, 3.63) is 77.9 Å². The van der Waals surface area contributed by atoms with Crippen molar-refractivity contribution < 1.29 is 19.4 Å². The van der Waals surface area contributed by atoms with Gasteiger partial charge < -0.3 is 10.00 Å². The molecule has 0 saturated heterocycles. The quantitative estimate of drug-likeness (QED) is 0.678. The van der Waals surface area contributed by atoms with Crippen LogP contribution in [0.3, 0.4) is 0 Å². The molecule has 2 atom stereocenters. The number of aliphatic carboxylic acids is 1. The summed E-state index contributed by atoms with van der Waals surface area (Å²) in [5.41, 5.74) is 1.34. The Morgan fingerprint density at radius 3 is 2.22 bits per heavy atom. The van der Waals surface area contributed by atoms with Crippen molar-refractivity contribution in [1.82, 2.24) is 5.09 Å². The standard InChI is InChI=1S/C17H18NO4P/c19-17(20)16(15-11-5-2-6-12-15)18-23(21,22)13-7-10-14-8-3-1-4-9-14/h1-12,16H,13H2,(H,19,20)(H2,18,21,22). The highest BCUT2D eigenvalue weighted by atomic mass is 31.2. The van der Waals surface area contributed by atoms with Gasteiger partial charge in [-0.2, -0.15) is 0 Å². The van der Waals surface area contributed by atoms with Crippen LogP contribution in [0.25, 0.3) is 6.08 Å². The molecule has 0 fully saturated rings. The van der Waals surface area contributed by atoms with E-state index in [1.807, 2.05) is 30.3 Å². The number of carboxylic acid groups (broad SMARTS) is 1. The second-order valence-electron chi connectivity index (χ2n) is 5.01. The molecule has 6 heteroatoms. The number of benzene rings is 2. The second kappa shape index (κ2) is 7.88. The summed E-state index contributed by atoms with van der Waals surface area (Å²) < 4.78 is 12.2. The minimum atomic E-state index is -3.82. The van der Waals surface area contributed by atoms with Gasteiger partial charge in [0.25, 0.3) is 7.52 Å². The lowest BCUT2D eigenvalue weighted by molar-refractivity contribution is -0.139. The fraction of sp³-hybridized carbons (Fsp3) is 0.118. The topological polar surface area (TPSA) is 86.6 Å². The molecule has 2 aromatic carbocycles. The third kappa shape index (κ3) is 5.49. The Hall–Kier alpha value is -2.20. The lowest BCUT2D eigenvalue weighted by Gasteiger charge is -2.18. The van der Waals surface area contributed by atoms with Crippen LogP contribution in [0.5, 0.6) is 0 Å². The number of carboxylic acids is 1. The van der Waals surface area contributed by atoms with Crippen molar-refractivity contribution in [3.8, 4) is 0 Å². The Morgan fingerprint density at radius 1 is 1.09 bits per heavy atom. The molecule has 5 nitrogen and oxygen atoms in total. The molecule has 0 spiro atoms. The van der Waals surface area contributed by atoms with E-state index in [9.17, 15) is 19.4 Å². The maximum atomic E-state index is 12.2. The molecule has 0 saturated carbocycles. The molecule has 23 heavy (non-hydrogen) atoms. The first-order valence-corrected chi connectivity index (χ1v) is 8.91. The zero-order valence-corrected chi connectivity index (χ0v) is 13.3. The SMILES string of the molecule is O=C(O)C(NP(=O)(O)CC=Cc1ccccc1)c1ccccc1. The van der Waals surface area contributed by atoms with Crippen molar-refractivity contribution in [2.45, 2.75) is 6.04 Å². The Morgan fingerprint density at radius 2 is 1.65 bits per heavy atom. The first-order valence-electron chi connectivity index (χ1n) is 7.07. The zero-order chi connectivity index (χ0) is 16.7. The smallest absolute Gasteiger partial charge is 0.325 e. The molecule has 0 aromatic heterocycles. The third-order valence-corrected chi connectivity index (χ3v) is 4.54. The summed E-state index contributed by atoms with van der Waals surface area (Å²) in [5, 5.41) is 11.6. The number of carbonyl (C=O) groups is 1. The van der Waals surface area contributed by atoms with Crippen LogP contribution in [0.4, 0.5) is 0 Å². The van der Waals surface area contributed by atoms with Gasteiger partial charge in [-0.1, -0.05) is 72.8 Å². The molecule has 0 aliphatic rings. The van der Waals surface area contributed by atoms with Crippen LogP contribution in [0, 0.1) is 0 Å². The van der Waals surface area contributed by atoms with Crippen LogP contribution in [0.1, 0.15) is 17.2 Å². The molecule has 2 aromatic rings. The number of rotatable bonds is 7. The average Bonchev–Trinajstić information content (AvgIpc) is 2.54. The van der Waals surface area contributed by atoms with E-state index in [1.165, 1.54) is 0 Å². The summed E-state index contributed by atoms with van der Waals surface area (Å²) in [6, 6.07) is 16.5. The normalized spacial score (nSPS) is 15.2. The lowest BCUT2D eigenvalue weighted by Crippen LogP contribution is -2.26. The predicted molar refractivity (Wildman–Crippen MR) is 90.1 cm³/mol. The second-order valence-corrected chi connectivity index (χ2v) is 7.03. The zero-order valence-electron chi connectivity index (χ0n) is 12.4. The van der Waals surface area contributed by atoms with Crippen molar-refractivity contribution in [1.29, 1.82) is 0 Å². The summed E-state index contributed by atoms with van der Waals surface area (Å²) in [4.78, 5) is 21.4. The maximum absolute atomic E-state index is 12.2. The van der Waals surface area contributed by atoms with Crippen LogP contribution in [-0.2, 0) is 9.36 Å². The predicted octanol–water partition coefficient (Wildman–Crippen LogP) is 3.30. The molecule has 3 N–H and O–H groups in total. The van der Waals surface area contributed by atoms with E-state index in [0.717, 1.165) is 5.56 Å². The van der Waals surface area contributed by atoms with E-state index >= 15 is 0 Å². The molecule has 0 aliphatic carbocycles. The summed E-state index contributed by atoms with van der Waals surface area (Å²) in [5.74, 6) is -1.20. The van der Waals surface area contributed by atoms with Crippen LogP contribution in [0.15, 0.2) is 66.7 Å². The Labute approximate surface area is 134 Å². The van der Waals surface area contributed by atoms with Gasteiger partial charge >= 0.3 is 5.97 Å². The van der Waals surface area contributed by atoms with Crippen molar-refractivity contribution >= 4 is 19.6 Å². The van der Waals surface area contributed by atoms with Gasteiger partial charge in [-0.25, -0.2) is 5.09 Å². The molecule has 0 aliphatic heterocycles. The molecule has 2 unspecified atom stereocenters. The van der Waals surface area contributed by atoms with E-state index in [-0.39, 0.29) is 6.16 Å². The van der Waals surface area contributed by atoms with Crippen molar-refractivity contribution in [3.63, 3.8) is 0 Å². The monoisotopic (exact) mass is 331 g/mol. The van der Waals surface area contributed by atoms with Gasteiger partial charge in [0, 0.05) is 0 Å². The van der Waals surface area contributed by atoms with E-state index in [0.29, 0.717) is 5.56 Å². The summed E-state index contributed by atoms with van der Waals surface area (Å²) in [7, 11) is -3.82. The van der Waals surface area contributed by atoms with Crippen LogP contribution < -0.4 is 5.09 Å². The summed E-state index contributed by atoms with van der Waals surface area (Å²) in [6.07, 6.45) is 3.13. The van der Waals surface area contributed by atoms with Gasteiger partial charge in [-0.05, 0) is 11.1 Å². The Kier molecular flexibility index (Phi) is 5.88. The highest BCUT2D eigenvalue weighted by molar-refractivity contribution is 7.56. The minimum absolute atomic E-state index is 0.154. The molecule has 0 amide bonds. The summed E-state index contributed by atoms with van der Waals surface area (Å²) >= 11 is 0.